The van der Waals surface area contributed by atoms with Crippen molar-refractivity contribution in [1.29, 1.82) is 0 Å². The van der Waals surface area contributed by atoms with E-state index < -0.39 is 24.4 Å². The second-order valence-electron chi connectivity index (χ2n) is 7.01. The fourth-order valence-corrected chi connectivity index (χ4v) is 3.46. The van der Waals surface area contributed by atoms with Gasteiger partial charge in [0.2, 0.25) is 5.91 Å². The van der Waals surface area contributed by atoms with Crippen molar-refractivity contribution in [2.24, 2.45) is 5.92 Å². The van der Waals surface area contributed by atoms with Crippen LogP contribution in [0.2, 0.25) is 5.02 Å². The molecule has 1 aliphatic rings. The highest BCUT2D eigenvalue weighted by Gasteiger charge is 2.37. The van der Waals surface area contributed by atoms with Gasteiger partial charge >= 0.3 is 5.97 Å². The van der Waals surface area contributed by atoms with Crippen LogP contribution in [0.15, 0.2) is 36.4 Å². The molecule has 0 radical (unpaired) electrons. The summed E-state index contributed by atoms with van der Waals surface area (Å²) >= 11 is 6.04. The van der Waals surface area contributed by atoms with Crippen molar-refractivity contribution < 1.29 is 28.6 Å². The van der Waals surface area contributed by atoms with Gasteiger partial charge in [-0.1, -0.05) is 17.7 Å². The quantitative estimate of drug-likeness (QED) is 0.656. The highest BCUT2D eigenvalue weighted by molar-refractivity contribution is 6.31. The van der Waals surface area contributed by atoms with Gasteiger partial charge < -0.3 is 24.4 Å². The van der Waals surface area contributed by atoms with Crippen LogP contribution in [0, 0.1) is 12.8 Å². The lowest BCUT2D eigenvalue weighted by atomic mass is 10.1. The molecule has 0 aliphatic carbocycles. The van der Waals surface area contributed by atoms with E-state index in [4.69, 9.17) is 25.8 Å². The van der Waals surface area contributed by atoms with Crippen LogP contribution in [0.3, 0.4) is 0 Å². The van der Waals surface area contributed by atoms with E-state index in [1.165, 1.54) is 19.1 Å². The summed E-state index contributed by atoms with van der Waals surface area (Å²) in [4.78, 5) is 38.6. The topological polar surface area (TPSA) is 94.2 Å². The lowest BCUT2D eigenvalue weighted by molar-refractivity contribution is -0.151. The third kappa shape index (κ3) is 5.08. The molecule has 0 bridgehead atoms. The van der Waals surface area contributed by atoms with Gasteiger partial charge in [-0.2, -0.15) is 0 Å². The smallest absolute Gasteiger partial charge is 0.311 e. The van der Waals surface area contributed by atoms with Crippen LogP contribution in [0.1, 0.15) is 12.0 Å². The summed E-state index contributed by atoms with van der Waals surface area (Å²) < 4.78 is 15.7. The van der Waals surface area contributed by atoms with Gasteiger partial charge in [0.15, 0.2) is 6.61 Å². The van der Waals surface area contributed by atoms with Crippen molar-refractivity contribution in [3.63, 3.8) is 0 Å². The Morgan fingerprint density at radius 2 is 1.97 bits per heavy atom. The molecule has 2 aromatic rings. The SMILES string of the molecule is COc1ccc(N2C[C@@H](C(=O)OCC(=O)Nc3cccc(Cl)c3C)CC2=O)c(OC)c1. The zero-order chi connectivity index (χ0) is 22.5. The van der Waals surface area contributed by atoms with Crippen molar-refractivity contribution in [2.75, 3.05) is 37.6 Å². The van der Waals surface area contributed by atoms with E-state index in [1.54, 1.807) is 43.3 Å². The first-order chi connectivity index (χ1) is 14.8. The maximum absolute atomic E-state index is 12.5. The van der Waals surface area contributed by atoms with Crippen LogP contribution in [-0.4, -0.2) is 45.2 Å². The zero-order valence-electron chi connectivity index (χ0n) is 17.4. The van der Waals surface area contributed by atoms with Gasteiger partial charge in [0.05, 0.1) is 25.8 Å². The van der Waals surface area contributed by atoms with Crippen molar-refractivity contribution in [3.8, 4) is 11.5 Å². The Morgan fingerprint density at radius 1 is 1.19 bits per heavy atom. The molecule has 1 saturated heterocycles. The van der Waals surface area contributed by atoms with Crippen molar-refractivity contribution >= 4 is 40.8 Å². The molecule has 31 heavy (non-hydrogen) atoms. The largest absolute Gasteiger partial charge is 0.497 e. The van der Waals surface area contributed by atoms with Gasteiger partial charge in [-0.15, -0.1) is 0 Å². The molecule has 1 heterocycles. The first-order valence-electron chi connectivity index (χ1n) is 9.58. The standard InChI is InChI=1S/C22H23ClN2O6/c1-13-16(23)5-4-6-17(13)24-20(26)12-31-22(28)14-9-21(27)25(11-14)18-8-7-15(29-2)10-19(18)30-3/h4-8,10,14H,9,11-12H2,1-3H3,(H,24,26)/t14-/m0/s1. The van der Waals surface area contributed by atoms with Gasteiger partial charge in [0, 0.05) is 29.7 Å². The molecule has 0 unspecified atom stereocenters. The van der Waals surface area contributed by atoms with Gasteiger partial charge in [-0.3, -0.25) is 14.4 Å². The number of carbonyl (C=O) groups excluding carboxylic acids is 3. The number of ether oxygens (including phenoxy) is 3. The summed E-state index contributed by atoms with van der Waals surface area (Å²) in [6.07, 6.45) is -0.0109. The maximum atomic E-state index is 12.5. The molecular formula is C22H23ClN2O6. The van der Waals surface area contributed by atoms with E-state index in [9.17, 15) is 14.4 Å². The number of halogens is 1. The predicted molar refractivity (Wildman–Crippen MR) is 116 cm³/mol. The Bertz CT molecular complexity index is 1010. The average molecular weight is 447 g/mol. The summed E-state index contributed by atoms with van der Waals surface area (Å²) in [5.74, 6) is -0.968. The number of hydrogen-bond acceptors (Lipinski definition) is 6. The number of amides is 2. The monoisotopic (exact) mass is 446 g/mol. The number of nitrogens with zero attached hydrogens (tertiary/aromatic N) is 1. The Morgan fingerprint density at radius 3 is 2.68 bits per heavy atom. The van der Waals surface area contributed by atoms with Gasteiger partial charge in [-0.05, 0) is 36.8 Å². The molecule has 1 atom stereocenters. The summed E-state index contributed by atoms with van der Waals surface area (Å²) in [7, 11) is 3.02. The second-order valence-corrected chi connectivity index (χ2v) is 7.42. The zero-order valence-corrected chi connectivity index (χ0v) is 18.2. The van der Waals surface area contributed by atoms with E-state index >= 15 is 0 Å². The summed E-state index contributed by atoms with van der Waals surface area (Å²) in [5, 5.41) is 3.18. The molecule has 0 spiro atoms. The minimum absolute atomic E-state index is 0.0109. The number of benzene rings is 2. The Kier molecular flexibility index (Phi) is 7.02. The summed E-state index contributed by atoms with van der Waals surface area (Å²) in [5.41, 5.74) is 1.80. The number of anilines is 2. The highest BCUT2D eigenvalue weighted by atomic mass is 35.5. The highest BCUT2D eigenvalue weighted by Crippen LogP contribution is 2.36. The lowest BCUT2D eigenvalue weighted by Crippen LogP contribution is -2.28. The van der Waals surface area contributed by atoms with E-state index in [0.29, 0.717) is 33.5 Å². The van der Waals surface area contributed by atoms with Gasteiger partial charge in [-0.25, -0.2) is 0 Å². The first-order valence-corrected chi connectivity index (χ1v) is 9.95. The van der Waals surface area contributed by atoms with E-state index in [1.807, 2.05) is 0 Å². The Hall–Kier alpha value is -3.26. The van der Waals surface area contributed by atoms with Crippen molar-refractivity contribution in [3.05, 3.63) is 47.0 Å². The molecule has 1 N–H and O–H groups in total. The molecule has 1 aliphatic heterocycles. The Balaban J connectivity index is 1.59. The molecule has 164 valence electrons. The van der Waals surface area contributed by atoms with Crippen molar-refractivity contribution in [2.45, 2.75) is 13.3 Å². The lowest BCUT2D eigenvalue weighted by Gasteiger charge is -2.20. The number of hydrogen-bond donors (Lipinski definition) is 1. The third-order valence-corrected chi connectivity index (χ3v) is 5.43. The van der Waals surface area contributed by atoms with Crippen LogP contribution in [0.5, 0.6) is 11.5 Å². The average Bonchev–Trinajstić information content (AvgIpc) is 3.16. The molecule has 9 heteroatoms. The number of carbonyl (C=O) groups is 3. The third-order valence-electron chi connectivity index (χ3n) is 5.02. The molecule has 8 nitrogen and oxygen atoms in total. The fourth-order valence-electron chi connectivity index (χ4n) is 3.29. The molecule has 0 aromatic heterocycles. The fraction of sp³-hybridized carbons (Fsp3) is 0.318. The molecule has 3 rings (SSSR count). The molecule has 1 fully saturated rings. The van der Waals surface area contributed by atoms with Gasteiger partial charge in [0.1, 0.15) is 11.5 Å². The summed E-state index contributed by atoms with van der Waals surface area (Å²) in [6, 6.07) is 10.2. The van der Waals surface area contributed by atoms with Crippen LogP contribution in [-0.2, 0) is 19.1 Å². The van der Waals surface area contributed by atoms with Gasteiger partial charge in [0.25, 0.3) is 5.91 Å². The maximum Gasteiger partial charge on any atom is 0.311 e. The predicted octanol–water partition coefficient (Wildman–Crippen LogP) is 3.20. The van der Waals surface area contributed by atoms with Crippen LogP contribution >= 0.6 is 11.6 Å². The number of esters is 1. The molecular weight excluding hydrogens is 424 g/mol. The molecule has 2 aromatic carbocycles. The Labute approximate surface area is 185 Å². The van der Waals surface area contributed by atoms with E-state index in [2.05, 4.69) is 5.32 Å². The normalized spacial score (nSPS) is 15.5. The van der Waals surface area contributed by atoms with Crippen LogP contribution < -0.4 is 19.7 Å². The van der Waals surface area contributed by atoms with Crippen LogP contribution in [0.25, 0.3) is 0 Å². The number of nitrogens with one attached hydrogen (secondary N) is 1. The van der Waals surface area contributed by atoms with Crippen molar-refractivity contribution in [1.82, 2.24) is 0 Å². The minimum atomic E-state index is -0.681. The number of rotatable bonds is 7. The molecule has 2 amide bonds. The molecule has 0 saturated carbocycles. The number of methoxy groups -OCH3 is 2. The van der Waals surface area contributed by atoms with Crippen LogP contribution in [0.4, 0.5) is 11.4 Å². The summed E-state index contributed by atoms with van der Waals surface area (Å²) in [6.45, 7) is 1.45. The van der Waals surface area contributed by atoms with E-state index in [0.717, 1.165) is 0 Å². The first kappa shape index (κ1) is 22.4. The second kappa shape index (κ2) is 9.70. The van der Waals surface area contributed by atoms with E-state index in [-0.39, 0.29) is 18.9 Å². The minimum Gasteiger partial charge on any atom is -0.497 e.